The molecule has 0 fully saturated rings. The number of carbonyl (C=O) groups is 2. The van der Waals surface area contributed by atoms with E-state index in [1.54, 1.807) is 7.11 Å². The summed E-state index contributed by atoms with van der Waals surface area (Å²) in [5.41, 5.74) is 0.494. The average molecular weight is 335 g/mol. The number of rotatable bonds is 7. The van der Waals surface area contributed by atoms with Gasteiger partial charge in [-0.3, -0.25) is 9.59 Å². The normalized spacial score (nSPS) is 12.6. The van der Waals surface area contributed by atoms with Crippen molar-refractivity contribution in [3.8, 4) is 5.75 Å². The number of para-hydroxylation sites is 1. The van der Waals surface area contributed by atoms with Crippen LogP contribution in [0.5, 0.6) is 5.75 Å². The monoisotopic (exact) mass is 335 g/mol. The second-order valence-corrected chi connectivity index (χ2v) is 6.96. The van der Waals surface area contributed by atoms with Gasteiger partial charge in [0.2, 0.25) is 11.8 Å². The van der Waals surface area contributed by atoms with Gasteiger partial charge in [-0.05, 0) is 20.2 Å². The van der Waals surface area contributed by atoms with Crippen molar-refractivity contribution < 1.29 is 14.3 Å². The van der Waals surface area contributed by atoms with Crippen LogP contribution in [0.15, 0.2) is 24.3 Å². The molecule has 0 aromatic heterocycles. The fourth-order valence-electron chi connectivity index (χ4n) is 2.21. The van der Waals surface area contributed by atoms with Crippen molar-refractivity contribution in [2.24, 2.45) is 5.41 Å². The van der Waals surface area contributed by atoms with Gasteiger partial charge < -0.3 is 20.3 Å². The van der Waals surface area contributed by atoms with Gasteiger partial charge in [-0.1, -0.05) is 39.0 Å². The topological polar surface area (TPSA) is 70.7 Å². The maximum Gasteiger partial charge on any atom is 0.239 e. The van der Waals surface area contributed by atoms with E-state index in [1.807, 2.05) is 64.0 Å². The van der Waals surface area contributed by atoms with Gasteiger partial charge >= 0.3 is 0 Å². The van der Waals surface area contributed by atoms with E-state index in [1.165, 1.54) is 0 Å². The van der Waals surface area contributed by atoms with Crippen molar-refractivity contribution in [2.75, 3.05) is 34.3 Å². The van der Waals surface area contributed by atoms with Crippen LogP contribution in [0.3, 0.4) is 0 Å². The molecule has 1 aromatic rings. The molecule has 1 rings (SSSR count). The first-order valence-corrected chi connectivity index (χ1v) is 8.01. The Morgan fingerprint density at radius 2 is 1.79 bits per heavy atom. The van der Waals surface area contributed by atoms with Gasteiger partial charge in [-0.2, -0.15) is 0 Å². The zero-order chi connectivity index (χ0) is 18.3. The smallest absolute Gasteiger partial charge is 0.239 e. The molecule has 0 radical (unpaired) electrons. The number of hydrogen-bond donors (Lipinski definition) is 2. The molecule has 0 saturated carbocycles. The first kappa shape index (κ1) is 20.0. The minimum Gasteiger partial charge on any atom is -0.496 e. The van der Waals surface area contributed by atoms with Crippen LogP contribution < -0.4 is 15.4 Å². The largest absolute Gasteiger partial charge is 0.496 e. The summed E-state index contributed by atoms with van der Waals surface area (Å²) in [7, 11) is 5.53. The number of benzene rings is 1. The number of nitrogens with one attached hydrogen (secondary N) is 2. The van der Waals surface area contributed by atoms with Gasteiger partial charge in [0.25, 0.3) is 0 Å². The van der Waals surface area contributed by atoms with Crippen molar-refractivity contribution in [3.63, 3.8) is 0 Å². The van der Waals surface area contributed by atoms with Crippen LogP contribution in [0.2, 0.25) is 0 Å². The van der Waals surface area contributed by atoms with Gasteiger partial charge in [-0.25, -0.2) is 0 Å². The van der Waals surface area contributed by atoms with Crippen molar-refractivity contribution in [3.05, 3.63) is 29.8 Å². The van der Waals surface area contributed by atoms with Crippen molar-refractivity contribution in [2.45, 2.75) is 26.8 Å². The van der Waals surface area contributed by atoms with E-state index in [0.29, 0.717) is 6.54 Å². The van der Waals surface area contributed by atoms with Crippen LogP contribution in [0.25, 0.3) is 0 Å². The fourth-order valence-corrected chi connectivity index (χ4v) is 2.21. The van der Waals surface area contributed by atoms with E-state index >= 15 is 0 Å². The third-order valence-corrected chi connectivity index (χ3v) is 3.70. The van der Waals surface area contributed by atoms with Crippen LogP contribution in [0.4, 0.5) is 0 Å². The number of hydrogen-bond acceptors (Lipinski definition) is 4. The molecule has 2 N–H and O–H groups in total. The van der Waals surface area contributed by atoms with Crippen molar-refractivity contribution in [1.82, 2.24) is 15.5 Å². The number of ether oxygens (including phenoxy) is 1. The number of nitrogens with zero attached hydrogens (tertiary/aromatic N) is 1. The Hall–Kier alpha value is -2.08. The summed E-state index contributed by atoms with van der Waals surface area (Å²) in [6, 6.07) is 7.72. The Labute approximate surface area is 144 Å². The molecule has 24 heavy (non-hydrogen) atoms. The zero-order valence-corrected chi connectivity index (χ0v) is 15.5. The van der Waals surface area contributed by atoms with E-state index in [4.69, 9.17) is 4.74 Å². The van der Waals surface area contributed by atoms with Gasteiger partial charge in [0.1, 0.15) is 5.75 Å². The van der Waals surface area contributed by atoms with Crippen LogP contribution in [-0.2, 0) is 9.59 Å². The molecule has 1 atom stereocenters. The second kappa shape index (κ2) is 8.68. The Morgan fingerprint density at radius 3 is 2.33 bits per heavy atom. The van der Waals surface area contributed by atoms with Gasteiger partial charge in [0.05, 0.1) is 19.7 Å². The molecule has 0 aliphatic carbocycles. The lowest BCUT2D eigenvalue weighted by atomic mass is 9.96. The van der Waals surface area contributed by atoms with Crippen LogP contribution in [0, 0.1) is 5.41 Å². The molecule has 0 saturated heterocycles. The number of likely N-dealkylation sites (N-methyl/N-ethyl adjacent to an activating group) is 1. The first-order valence-electron chi connectivity index (χ1n) is 8.01. The Kier molecular flexibility index (Phi) is 7.22. The summed E-state index contributed by atoms with van der Waals surface area (Å²) >= 11 is 0. The molecular weight excluding hydrogens is 306 g/mol. The predicted octanol–water partition coefficient (Wildman–Crippen LogP) is 1.58. The lowest BCUT2D eigenvalue weighted by molar-refractivity contribution is -0.131. The van der Waals surface area contributed by atoms with Crippen molar-refractivity contribution >= 4 is 11.8 Å². The quantitative estimate of drug-likeness (QED) is 0.794. The summed E-state index contributed by atoms with van der Waals surface area (Å²) in [5.74, 6) is 0.423. The third kappa shape index (κ3) is 5.85. The summed E-state index contributed by atoms with van der Waals surface area (Å²) in [6.07, 6.45) is 0. The zero-order valence-electron chi connectivity index (χ0n) is 15.5. The third-order valence-electron chi connectivity index (χ3n) is 3.70. The maximum absolute atomic E-state index is 12.0. The number of amides is 2. The van der Waals surface area contributed by atoms with Crippen LogP contribution >= 0.6 is 0 Å². The Morgan fingerprint density at radius 1 is 1.17 bits per heavy atom. The molecule has 0 spiro atoms. The van der Waals surface area contributed by atoms with E-state index < -0.39 is 5.41 Å². The summed E-state index contributed by atoms with van der Waals surface area (Å²) in [5, 5.41) is 5.52. The molecule has 134 valence electrons. The number of carbonyl (C=O) groups excluding carboxylic acids is 2. The number of methoxy groups -OCH3 is 1. The molecule has 1 aromatic carbocycles. The average Bonchev–Trinajstić information content (AvgIpc) is 2.51. The minimum absolute atomic E-state index is 0.0246. The fraction of sp³-hybridized carbons (Fsp3) is 0.556. The van der Waals surface area contributed by atoms with Crippen molar-refractivity contribution in [1.29, 1.82) is 0 Å². The van der Waals surface area contributed by atoms with Gasteiger partial charge in [0, 0.05) is 17.5 Å². The maximum atomic E-state index is 12.0. The molecule has 0 aliphatic heterocycles. The van der Waals surface area contributed by atoms with Gasteiger partial charge in [-0.15, -0.1) is 0 Å². The van der Waals surface area contributed by atoms with Crippen LogP contribution in [-0.4, -0.2) is 51.0 Å². The summed E-state index contributed by atoms with van der Waals surface area (Å²) < 4.78 is 5.40. The summed E-state index contributed by atoms with van der Waals surface area (Å²) in [6.45, 7) is 5.83. The minimum atomic E-state index is -0.510. The van der Waals surface area contributed by atoms with Crippen LogP contribution in [0.1, 0.15) is 32.4 Å². The van der Waals surface area contributed by atoms with E-state index in [0.717, 1.165) is 11.3 Å². The van der Waals surface area contributed by atoms with Gasteiger partial charge in [0.15, 0.2) is 0 Å². The van der Waals surface area contributed by atoms with E-state index in [9.17, 15) is 9.59 Å². The lowest BCUT2D eigenvalue weighted by Gasteiger charge is -2.26. The molecule has 0 heterocycles. The lowest BCUT2D eigenvalue weighted by Crippen LogP contribution is -2.43. The first-order chi connectivity index (χ1) is 11.2. The molecule has 0 aliphatic rings. The summed E-state index contributed by atoms with van der Waals surface area (Å²) in [4.78, 5) is 25.8. The highest BCUT2D eigenvalue weighted by molar-refractivity contribution is 5.87. The standard InChI is InChI=1S/C18H29N3O3/c1-18(2,3)17(23)20-12-16(22)19-11-14(21(4)5)13-9-7-8-10-15(13)24-6/h7-10,14H,11-12H2,1-6H3,(H,19,22)(H,20,23). The molecule has 0 bridgehead atoms. The molecule has 2 amide bonds. The second-order valence-electron chi connectivity index (χ2n) is 6.96. The van der Waals surface area contributed by atoms with E-state index in [2.05, 4.69) is 10.6 Å². The molecular formula is C18H29N3O3. The molecule has 6 nitrogen and oxygen atoms in total. The molecule has 1 unspecified atom stereocenters. The predicted molar refractivity (Wildman–Crippen MR) is 94.9 cm³/mol. The highest BCUT2D eigenvalue weighted by atomic mass is 16.5. The molecule has 6 heteroatoms. The SMILES string of the molecule is COc1ccccc1C(CNC(=O)CNC(=O)C(C)(C)C)N(C)C. The highest BCUT2D eigenvalue weighted by Gasteiger charge is 2.22. The highest BCUT2D eigenvalue weighted by Crippen LogP contribution is 2.27. The Bertz CT molecular complexity index is 565. The Balaban J connectivity index is 2.64. The van der Waals surface area contributed by atoms with E-state index in [-0.39, 0.29) is 24.4 Å².